The predicted octanol–water partition coefficient (Wildman–Crippen LogP) is 4.05. The zero-order chi connectivity index (χ0) is 12.5. The van der Waals surface area contributed by atoms with Gasteiger partial charge in [0.2, 0.25) is 0 Å². The van der Waals surface area contributed by atoms with Gasteiger partial charge in [0.05, 0.1) is 12.1 Å². The van der Waals surface area contributed by atoms with Crippen molar-refractivity contribution in [3.8, 4) is 11.3 Å². The fourth-order valence-corrected chi connectivity index (χ4v) is 2.18. The number of benzene rings is 1. The van der Waals surface area contributed by atoms with Crippen molar-refractivity contribution in [3.63, 3.8) is 0 Å². The summed E-state index contributed by atoms with van der Waals surface area (Å²) < 4.78 is 49.7. The maximum atomic E-state index is 13.4. The summed E-state index contributed by atoms with van der Waals surface area (Å²) >= 11 is 0.882. The van der Waals surface area contributed by atoms with Crippen LogP contribution in [-0.2, 0) is 6.42 Å². The molecule has 1 nitrogen and oxygen atoms in total. The van der Waals surface area contributed by atoms with Crippen molar-refractivity contribution in [1.82, 2.24) is 4.98 Å². The number of hydrogen-bond acceptors (Lipinski definition) is 2. The zero-order valence-electron chi connectivity index (χ0n) is 8.46. The molecule has 0 saturated heterocycles. The van der Waals surface area contributed by atoms with E-state index in [9.17, 15) is 17.6 Å². The van der Waals surface area contributed by atoms with Crippen LogP contribution in [0.4, 0.5) is 17.6 Å². The second-order valence-corrected chi connectivity index (χ2v) is 4.34. The van der Waals surface area contributed by atoms with Gasteiger partial charge in [0.1, 0.15) is 10.8 Å². The van der Waals surface area contributed by atoms with Gasteiger partial charge in [-0.05, 0) is 12.1 Å². The first kappa shape index (κ1) is 12.0. The molecule has 2 rings (SSSR count). The maximum absolute atomic E-state index is 13.4. The standard InChI is InChI=1S/C11H7F4NS/c12-8-4-2-1-3-7(8)9-6-17-10(16-9)5-11(13,14)15/h1-4,6H,5H2. The van der Waals surface area contributed by atoms with Crippen LogP contribution in [0.1, 0.15) is 5.01 Å². The van der Waals surface area contributed by atoms with Crippen LogP contribution >= 0.6 is 11.3 Å². The first-order chi connectivity index (χ1) is 7.96. The molecule has 6 heteroatoms. The van der Waals surface area contributed by atoms with Crippen LogP contribution in [0.2, 0.25) is 0 Å². The zero-order valence-corrected chi connectivity index (χ0v) is 9.28. The van der Waals surface area contributed by atoms with Gasteiger partial charge in [-0.1, -0.05) is 12.1 Å². The highest BCUT2D eigenvalue weighted by atomic mass is 32.1. The third-order valence-electron chi connectivity index (χ3n) is 2.05. The summed E-state index contributed by atoms with van der Waals surface area (Å²) in [5.74, 6) is -0.489. The highest BCUT2D eigenvalue weighted by molar-refractivity contribution is 7.09. The Morgan fingerprint density at radius 1 is 1.18 bits per heavy atom. The Morgan fingerprint density at radius 2 is 1.88 bits per heavy atom. The van der Waals surface area contributed by atoms with E-state index in [1.54, 1.807) is 6.07 Å². The number of hydrogen-bond donors (Lipinski definition) is 0. The maximum Gasteiger partial charge on any atom is 0.395 e. The molecule has 17 heavy (non-hydrogen) atoms. The molecule has 0 amide bonds. The van der Waals surface area contributed by atoms with Crippen LogP contribution in [0.5, 0.6) is 0 Å². The molecule has 90 valence electrons. The molecule has 0 saturated carbocycles. The molecule has 0 aliphatic heterocycles. The van der Waals surface area contributed by atoms with Gasteiger partial charge < -0.3 is 0 Å². The van der Waals surface area contributed by atoms with E-state index in [4.69, 9.17) is 0 Å². The number of rotatable bonds is 2. The van der Waals surface area contributed by atoms with Crippen molar-refractivity contribution in [2.24, 2.45) is 0 Å². The number of halogens is 4. The van der Waals surface area contributed by atoms with Crippen LogP contribution in [0.3, 0.4) is 0 Å². The van der Waals surface area contributed by atoms with E-state index < -0.39 is 18.4 Å². The van der Waals surface area contributed by atoms with Crippen LogP contribution in [-0.4, -0.2) is 11.2 Å². The van der Waals surface area contributed by atoms with E-state index >= 15 is 0 Å². The molecule has 0 unspecified atom stereocenters. The number of aromatic nitrogens is 1. The number of alkyl halides is 3. The fourth-order valence-electron chi connectivity index (χ4n) is 1.36. The van der Waals surface area contributed by atoms with Crippen LogP contribution < -0.4 is 0 Å². The third kappa shape index (κ3) is 3.03. The van der Waals surface area contributed by atoms with Gasteiger partial charge in [-0.3, -0.25) is 0 Å². The lowest BCUT2D eigenvalue weighted by Crippen LogP contribution is -2.11. The molecular weight excluding hydrogens is 254 g/mol. The summed E-state index contributed by atoms with van der Waals surface area (Å²) in [4.78, 5) is 3.79. The van der Waals surface area contributed by atoms with E-state index in [2.05, 4.69) is 4.98 Å². The average Bonchev–Trinajstić information content (AvgIpc) is 2.64. The van der Waals surface area contributed by atoms with E-state index in [0.717, 1.165) is 11.3 Å². The Labute approximate surface area is 98.7 Å². The summed E-state index contributed by atoms with van der Waals surface area (Å²) in [5, 5.41) is 1.37. The monoisotopic (exact) mass is 261 g/mol. The fraction of sp³-hybridized carbons (Fsp3) is 0.182. The van der Waals surface area contributed by atoms with Gasteiger partial charge in [0.25, 0.3) is 0 Å². The Morgan fingerprint density at radius 3 is 2.53 bits per heavy atom. The molecule has 0 radical (unpaired) electrons. The molecular formula is C11H7F4NS. The van der Waals surface area contributed by atoms with Gasteiger partial charge in [0.15, 0.2) is 0 Å². The Kier molecular flexibility index (Phi) is 3.15. The Bertz CT molecular complexity index is 518. The summed E-state index contributed by atoms with van der Waals surface area (Å²) in [6.07, 6.45) is -5.36. The van der Waals surface area contributed by atoms with Gasteiger partial charge in [0, 0.05) is 10.9 Å². The summed E-state index contributed by atoms with van der Waals surface area (Å²) in [5.41, 5.74) is 0.463. The first-order valence-corrected chi connectivity index (χ1v) is 5.60. The van der Waals surface area contributed by atoms with E-state index in [0.29, 0.717) is 0 Å². The highest BCUT2D eigenvalue weighted by Crippen LogP contribution is 2.28. The van der Waals surface area contributed by atoms with E-state index in [-0.39, 0.29) is 16.3 Å². The van der Waals surface area contributed by atoms with Gasteiger partial charge in [-0.15, -0.1) is 11.3 Å². The average molecular weight is 261 g/mol. The lowest BCUT2D eigenvalue weighted by Gasteiger charge is -2.02. The summed E-state index contributed by atoms with van der Waals surface area (Å²) in [6, 6.07) is 5.86. The molecule has 0 N–H and O–H groups in total. The molecule has 1 aromatic carbocycles. The largest absolute Gasteiger partial charge is 0.395 e. The topological polar surface area (TPSA) is 12.9 Å². The van der Waals surface area contributed by atoms with Crippen LogP contribution in [0.15, 0.2) is 29.6 Å². The molecule has 0 atom stereocenters. The van der Waals surface area contributed by atoms with Crippen LogP contribution in [0.25, 0.3) is 11.3 Å². The SMILES string of the molecule is Fc1ccccc1-c1csc(CC(F)(F)F)n1. The molecule has 0 aliphatic carbocycles. The van der Waals surface area contributed by atoms with Crippen molar-refractivity contribution in [1.29, 1.82) is 0 Å². The van der Waals surface area contributed by atoms with Gasteiger partial charge in [-0.25, -0.2) is 9.37 Å². The Balaban J connectivity index is 2.28. The second kappa shape index (κ2) is 4.44. The van der Waals surface area contributed by atoms with Crippen molar-refractivity contribution in [2.45, 2.75) is 12.6 Å². The number of nitrogens with zero attached hydrogens (tertiary/aromatic N) is 1. The molecule has 2 aromatic rings. The molecule has 0 spiro atoms. The minimum Gasteiger partial charge on any atom is -0.241 e. The highest BCUT2D eigenvalue weighted by Gasteiger charge is 2.29. The Hall–Kier alpha value is -1.43. The minimum absolute atomic E-state index is 0.0595. The molecule has 0 fully saturated rings. The lowest BCUT2D eigenvalue weighted by molar-refractivity contribution is -0.127. The van der Waals surface area contributed by atoms with Crippen molar-refractivity contribution in [3.05, 3.63) is 40.5 Å². The summed E-state index contributed by atoms with van der Waals surface area (Å²) in [7, 11) is 0. The van der Waals surface area contributed by atoms with Gasteiger partial charge in [-0.2, -0.15) is 13.2 Å². The lowest BCUT2D eigenvalue weighted by atomic mass is 10.1. The minimum atomic E-state index is -4.29. The van der Waals surface area contributed by atoms with Crippen LogP contribution in [0, 0.1) is 5.82 Å². The summed E-state index contributed by atoms with van der Waals surface area (Å²) in [6.45, 7) is 0. The predicted molar refractivity (Wildman–Crippen MR) is 57.3 cm³/mol. The quantitative estimate of drug-likeness (QED) is 0.743. The molecule has 0 bridgehead atoms. The van der Waals surface area contributed by atoms with Gasteiger partial charge >= 0.3 is 6.18 Å². The van der Waals surface area contributed by atoms with Crippen molar-refractivity contribution < 1.29 is 17.6 Å². The number of thiazole rings is 1. The van der Waals surface area contributed by atoms with E-state index in [1.165, 1.54) is 23.6 Å². The van der Waals surface area contributed by atoms with Crippen molar-refractivity contribution in [2.75, 3.05) is 0 Å². The first-order valence-electron chi connectivity index (χ1n) is 4.72. The molecule has 1 heterocycles. The van der Waals surface area contributed by atoms with E-state index in [1.807, 2.05) is 0 Å². The van der Waals surface area contributed by atoms with Crippen molar-refractivity contribution >= 4 is 11.3 Å². The molecule has 0 aliphatic rings. The third-order valence-corrected chi connectivity index (χ3v) is 2.90. The molecule has 1 aromatic heterocycles. The smallest absolute Gasteiger partial charge is 0.241 e. The second-order valence-electron chi connectivity index (χ2n) is 3.40. The normalized spacial score (nSPS) is 11.8.